The average Bonchev–Trinajstić information content (AvgIpc) is 2.87. The molecule has 0 aliphatic carbocycles. The Morgan fingerprint density at radius 1 is 1.29 bits per heavy atom. The predicted octanol–water partition coefficient (Wildman–Crippen LogP) is 2.02. The molecule has 3 rings (SSSR count). The van der Waals surface area contributed by atoms with Crippen molar-refractivity contribution in [2.24, 2.45) is 11.7 Å². The van der Waals surface area contributed by atoms with Crippen LogP contribution in [0.15, 0.2) is 36.5 Å². The summed E-state index contributed by atoms with van der Waals surface area (Å²) in [5, 5.41) is 2.50. The van der Waals surface area contributed by atoms with E-state index in [1.54, 1.807) is 0 Å². The first-order valence-electron chi connectivity index (χ1n) is 6.17. The number of rotatable bonds is 2. The fourth-order valence-corrected chi connectivity index (χ4v) is 2.57. The Balaban J connectivity index is 2.00. The Morgan fingerprint density at radius 2 is 2.18 bits per heavy atom. The van der Waals surface area contributed by atoms with Gasteiger partial charge >= 0.3 is 0 Å². The van der Waals surface area contributed by atoms with Gasteiger partial charge < -0.3 is 10.6 Å². The molecule has 1 fully saturated rings. The summed E-state index contributed by atoms with van der Waals surface area (Å²) in [7, 11) is 0. The lowest BCUT2D eigenvalue weighted by Gasteiger charge is -2.19. The molecule has 2 N–H and O–H groups in total. The van der Waals surface area contributed by atoms with Gasteiger partial charge in [-0.3, -0.25) is 0 Å². The summed E-state index contributed by atoms with van der Waals surface area (Å²) in [5.74, 6) is 1.73. The van der Waals surface area contributed by atoms with Crippen molar-refractivity contribution in [3.05, 3.63) is 36.5 Å². The van der Waals surface area contributed by atoms with Crippen LogP contribution in [-0.4, -0.2) is 24.6 Å². The molecule has 0 saturated carbocycles. The number of aromatic nitrogens is 1. The third kappa shape index (κ3) is 1.87. The molecule has 3 heteroatoms. The average molecular weight is 227 g/mol. The standard InChI is InChI=1S/C14H17N3/c15-9-11-6-8-17(10-11)14-13-4-2-1-3-12(13)5-7-16-14/h1-5,7,11H,6,8-10,15H2. The van der Waals surface area contributed by atoms with E-state index in [1.165, 1.54) is 17.2 Å². The van der Waals surface area contributed by atoms with Crippen molar-refractivity contribution in [1.29, 1.82) is 0 Å². The Bertz CT molecular complexity index is 518. The maximum Gasteiger partial charge on any atom is 0.136 e. The SMILES string of the molecule is NCC1CCN(c2nccc3ccccc23)C1. The maximum atomic E-state index is 5.74. The van der Waals surface area contributed by atoms with E-state index in [1.807, 2.05) is 6.20 Å². The number of nitrogens with two attached hydrogens (primary N) is 1. The Labute approximate surface area is 101 Å². The molecule has 1 atom stereocenters. The minimum atomic E-state index is 0.621. The summed E-state index contributed by atoms with van der Waals surface area (Å²) in [5.41, 5.74) is 5.74. The van der Waals surface area contributed by atoms with Crippen molar-refractivity contribution in [2.45, 2.75) is 6.42 Å². The molecule has 0 amide bonds. The first-order chi connectivity index (χ1) is 8.38. The first-order valence-corrected chi connectivity index (χ1v) is 6.17. The van der Waals surface area contributed by atoms with Gasteiger partial charge in [0.2, 0.25) is 0 Å². The van der Waals surface area contributed by atoms with E-state index >= 15 is 0 Å². The fraction of sp³-hybridized carbons (Fsp3) is 0.357. The summed E-state index contributed by atoms with van der Waals surface area (Å²) in [4.78, 5) is 6.90. The van der Waals surface area contributed by atoms with E-state index in [0.717, 1.165) is 25.5 Å². The maximum absolute atomic E-state index is 5.74. The van der Waals surface area contributed by atoms with Crippen molar-refractivity contribution in [2.75, 3.05) is 24.5 Å². The van der Waals surface area contributed by atoms with E-state index in [9.17, 15) is 0 Å². The summed E-state index contributed by atoms with van der Waals surface area (Å²) < 4.78 is 0. The van der Waals surface area contributed by atoms with E-state index in [0.29, 0.717) is 5.92 Å². The molecule has 88 valence electrons. The number of nitrogens with zero attached hydrogens (tertiary/aromatic N) is 2. The topological polar surface area (TPSA) is 42.1 Å². The van der Waals surface area contributed by atoms with Crippen LogP contribution in [0.2, 0.25) is 0 Å². The third-order valence-corrected chi connectivity index (χ3v) is 3.57. The lowest BCUT2D eigenvalue weighted by atomic mass is 10.1. The Hall–Kier alpha value is -1.61. The van der Waals surface area contributed by atoms with Gasteiger partial charge in [0.05, 0.1) is 0 Å². The second-order valence-electron chi connectivity index (χ2n) is 4.69. The molecule has 0 spiro atoms. The van der Waals surface area contributed by atoms with Crippen LogP contribution in [0, 0.1) is 5.92 Å². The molecular formula is C14H17N3. The molecule has 0 radical (unpaired) electrons. The largest absolute Gasteiger partial charge is 0.356 e. The normalized spacial score (nSPS) is 20.1. The van der Waals surface area contributed by atoms with Crippen LogP contribution in [0.4, 0.5) is 5.82 Å². The number of benzene rings is 1. The van der Waals surface area contributed by atoms with Crippen LogP contribution in [0.25, 0.3) is 10.8 Å². The van der Waals surface area contributed by atoms with Crippen molar-refractivity contribution < 1.29 is 0 Å². The first kappa shape index (κ1) is 10.5. The molecule has 1 aliphatic heterocycles. The minimum absolute atomic E-state index is 0.621. The van der Waals surface area contributed by atoms with Gasteiger partial charge in [0.1, 0.15) is 5.82 Å². The third-order valence-electron chi connectivity index (χ3n) is 3.57. The van der Waals surface area contributed by atoms with Gasteiger partial charge in [-0.2, -0.15) is 0 Å². The highest BCUT2D eigenvalue weighted by Crippen LogP contribution is 2.28. The fourth-order valence-electron chi connectivity index (χ4n) is 2.57. The molecule has 17 heavy (non-hydrogen) atoms. The van der Waals surface area contributed by atoms with Crippen LogP contribution in [-0.2, 0) is 0 Å². The van der Waals surface area contributed by atoms with Crippen LogP contribution in [0.1, 0.15) is 6.42 Å². The van der Waals surface area contributed by atoms with Crippen molar-refractivity contribution in [3.8, 4) is 0 Å². The summed E-state index contributed by atoms with van der Waals surface area (Å²) in [6.45, 7) is 2.89. The van der Waals surface area contributed by atoms with Gasteiger partial charge in [0.15, 0.2) is 0 Å². The van der Waals surface area contributed by atoms with Crippen molar-refractivity contribution in [1.82, 2.24) is 4.98 Å². The highest BCUT2D eigenvalue weighted by atomic mass is 15.2. The molecule has 2 heterocycles. The highest BCUT2D eigenvalue weighted by Gasteiger charge is 2.23. The van der Waals surface area contributed by atoms with Gasteiger partial charge in [-0.1, -0.05) is 24.3 Å². The number of anilines is 1. The lowest BCUT2D eigenvalue weighted by molar-refractivity contribution is 0.602. The molecular weight excluding hydrogens is 210 g/mol. The van der Waals surface area contributed by atoms with Gasteiger partial charge in [-0.05, 0) is 30.3 Å². The number of hydrogen-bond acceptors (Lipinski definition) is 3. The Kier molecular flexibility index (Phi) is 2.69. The lowest BCUT2D eigenvalue weighted by Crippen LogP contribution is -2.23. The van der Waals surface area contributed by atoms with Crippen molar-refractivity contribution in [3.63, 3.8) is 0 Å². The summed E-state index contributed by atoms with van der Waals surface area (Å²) in [6, 6.07) is 10.5. The van der Waals surface area contributed by atoms with Crippen LogP contribution < -0.4 is 10.6 Å². The second-order valence-corrected chi connectivity index (χ2v) is 4.69. The zero-order chi connectivity index (χ0) is 11.7. The van der Waals surface area contributed by atoms with Gasteiger partial charge in [-0.15, -0.1) is 0 Å². The van der Waals surface area contributed by atoms with Crippen molar-refractivity contribution >= 4 is 16.6 Å². The number of hydrogen-bond donors (Lipinski definition) is 1. The van der Waals surface area contributed by atoms with E-state index in [2.05, 4.69) is 40.2 Å². The molecule has 0 bridgehead atoms. The molecule has 1 saturated heterocycles. The van der Waals surface area contributed by atoms with E-state index in [-0.39, 0.29) is 0 Å². The number of pyridine rings is 1. The van der Waals surface area contributed by atoms with E-state index < -0.39 is 0 Å². The van der Waals surface area contributed by atoms with E-state index in [4.69, 9.17) is 5.73 Å². The number of fused-ring (bicyclic) bond motifs is 1. The molecule has 1 aliphatic rings. The predicted molar refractivity (Wildman–Crippen MR) is 71.1 cm³/mol. The smallest absolute Gasteiger partial charge is 0.136 e. The van der Waals surface area contributed by atoms with Gasteiger partial charge in [0, 0.05) is 24.7 Å². The zero-order valence-electron chi connectivity index (χ0n) is 9.84. The van der Waals surface area contributed by atoms with Crippen LogP contribution in [0.5, 0.6) is 0 Å². The minimum Gasteiger partial charge on any atom is -0.356 e. The van der Waals surface area contributed by atoms with Gasteiger partial charge in [0.25, 0.3) is 0 Å². The summed E-state index contributed by atoms with van der Waals surface area (Å²) in [6.07, 6.45) is 3.08. The molecule has 1 aromatic carbocycles. The molecule has 2 aromatic rings. The summed E-state index contributed by atoms with van der Waals surface area (Å²) >= 11 is 0. The van der Waals surface area contributed by atoms with Crippen LogP contribution in [0.3, 0.4) is 0 Å². The quantitative estimate of drug-likeness (QED) is 0.853. The molecule has 1 unspecified atom stereocenters. The monoisotopic (exact) mass is 227 g/mol. The zero-order valence-corrected chi connectivity index (χ0v) is 9.84. The molecule has 3 nitrogen and oxygen atoms in total. The Morgan fingerprint density at radius 3 is 3.00 bits per heavy atom. The van der Waals surface area contributed by atoms with Crippen LogP contribution >= 0.6 is 0 Å². The van der Waals surface area contributed by atoms with Gasteiger partial charge in [-0.25, -0.2) is 4.98 Å². The highest BCUT2D eigenvalue weighted by molar-refractivity contribution is 5.92. The molecule has 1 aromatic heterocycles. The second kappa shape index (κ2) is 4.34.